The number of aromatic hydroxyl groups is 1. The molecule has 0 spiro atoms. The van der Waals surface area contributed by atoms with Crippen LogP contribution >= 0.6 is 0 Å². The molecule has 3 N–H and O–H groups in total. The Kier molecular flexibility index (Phi) is 5.83. The molecule has 4 heteroatoms. The molecule has 0 fully saturated rings. The third-order valence-electron chi connectivity index (χ3n) is 3.05. The summed E-state index contributed by atoms with van der Waals surface area (Å²) >= 11 is 0. The third kappa shape index (κ3) is 4.91. The molecular formula is C15H24N2O2. The maximum atomic E-state index is 11.4. The molecule has 106 valence electrons. The number of aryl methyl sites for hydroxylation is 1. The Bertz CT molecular complexity index is 430. The van der Waals surface area contributed by atoms with Gasteiger partial charge in [-0.3, -0.25) is 4.79 Å². The zero-order valence-electron chi connectivity index (χ0n) is 12.2. The molecule has 1 unspecified atom stereocenters. The fourth-order valence-electron chi connectivity index (χ4n) is 1.81. The van der Waals surface area contributed by atoms with Gasteiger partial charge in [0.25, 0.3) is 0 Å². The average Bonchev–Trinajstić information content (AvgIpc) is 2.36. The summed E-state index contributed by atoms with van der Waals surface area (Å²) in [4.78, 5) is 11.4. The van der Waals surface area contributed by atoms with Crippen molar-refractivity contribution >= 4 is 5.91 Å². The first-order valence-corrected chi connectivity index (χ1v) is 6.72. The molecule has 1 aromatic carbocycles. The summed E-state index contributed by atoms with van der Waals surface area (Å²) < 4.78 is 0. The van der Waals surface area contributed by atoms with Crippen molar-refractivity contribution in [2.75, 3.05) is 13.1 Å². The van der Waals surface area contributed by atoms with Gasteiger partial charge >= 0.3 is 0 Å². The normalized spacial score (nSPS) is 12.5. The van der Waals surface area contributed by atoms with Gasteiger partial charge in [0, 0.05) is 30.6 Å². The van der Waals surface area contributed by atoms with E-state index >= 15 is 0 Å². The zero-order valence-corrected chi connectivity index (χ0v) is 12.2. The first kappa shape index (κ1) is 15.5. The number of hydrogen-bond acceptors (Lipinski definition) is 3. The van der Waals surface area contributed by atoms with Crippen molar-refractivity contribution in [1.29, 1.82) is 0 Å². The highest BCUT2D eigenvalue weighted by molar-refractivity contribution is 5.77. The molecule has 0 radical (unpaired) electrons. The molecule has 0 aromatic heterocycles. The van der Waals surface area contributed by atoms with Gasteiger partial charge in [-0.15, -0.1) is 0 Å². The summed E-state index contributed by atoms with van der Waals surface area (Å²) in [5, 5.41) is 16.0. The summed E-state index contributed by atoms with van der Waals surface area (Å²) in [6, 6.07) is 5.62. The number of carbonyl (C=O) groups excluding carboxylic acids is 1. The van der Waals surface area contributed by atoms with Crippen molar-refractivity contribution in [3.8, 4) is 5.75 Å². The van der Waals surface area contributed by atoms with Crippen LogP contribution < -0.4 is 10.6 Å². The van der Waals surface area contributed by atoms with E-state index in [9.17, 15) is 9.90 Å². The molecule has 1 amide bonds. The smallest absolute Gasteiger partial charge is 0.222 e. The molecule has 1 rings (SSSR count). The number of nitrogens with one attached hydrogen (secondary N) is 2. The van der Waals surface area contributed by atoms with Gasteiger partial charge < -0.3 is 15.7 Å². The van der Waals surface area contributed by atoms with E-state index in [1.165, 1.54) is 0 Å². The van der Waals surface area contributed by atoms with Crippen LogP contribution in [0.2, 0.25) is 0 Å². The zero-order chi connectivity index (χ0) is 14.4. The maximum absolute atomic E-state index is 11.4. The largest absolute Gasteiger partial charge is 0.508 e. The van der Waals surface area contributed by atoms with Crippen LogP contribution in [0.3, 0.4) is 0 Å². The van der Waals surface area contributed by atoms with Gasteiger partial charge in [-0.2, -0.15) is 0 Å². The molecule has 0 saturated carbocycles. The van der Waals surface area contributed by atoms with Gasteiger partial charge in [-0.25, -0.2) is 0 Å². The van der Waals surface area contributed by atoms with Crippen molar-refractivity contribution < 1.29 is 9.90 Å². The van der Waals surface area contributed by atoms with Crippen molar-refractivity contribution in [2.24, 2.45) is 5.92 Å². The summed E-state index contributed by atoms with van der Waals surface area (Å²) in [6.45, 7) is 9.00. The van der Waals surface area contributed by atoms with E-state index in [0.29, 0.717) is 18.8 Å². The molecule has 1 atom stereocenters. The van der Waals surface area contributed by atoms with Crippen LogP contribution in [-0.2, 0) is 4.79 Å². The Hall–Kier alpha value is -1.55. The summed E-state index contributed by atoms with van der Waals surface area (Å²) in [7, 11) is 0. The van der Waals surface area contributed by atoms with Crippen molar-refractivity contribution in [3.05, 3.63) is 29.3 Å². The Labute approximate surface area is 115 Å². The molecule has 0 aliphatic heterocycles. The number of phenolic OH excluding ortho intramolecular Hbond substituents is 1. The van der Waals surface area contributed by atoms with Gasteiger partial charge in [0.2, 0.25) is 5.91 Å². The number of carbonyl (C=O) groups is 1. The fourth-order valence-corrected chi connectivity index (χ4v) is 1.81. The molecule has 0 saturated heterocycles. The van der Waals surface area contributed by atoms with E-state index < -0.39 is 0 Å². The van der Waals surface area contributed by atoms with Gasteiger partial charge in [-0.1, -0.05) is 31.5 Å². The lowest BCUT2D eigenvalue weighted by molar-refractivity contribution is -0.123. The molecule has 19 heavy (non-hydrogen) atoms. The second kappa shape index (κ2) is 7.14. The van der Waals surface area contributed by atoms with Crippen molar-refractivity contribution in [3.63, 3.8) is 0 Å². The van der Waals surface area contributed by atoms with E-state index in [2.05, 4.69) is 10.6 Å². The van der Waals surface area contributed by atoms with E-state index in [4.69, 9.17) is 0 Å². The first-order chi connectivity index (χ1) is 8.91. The van der Waals surface area contributed by atoms with Gasteiger partial charge in [0.15, 0.2) is 0 Å². The predicted octanol–water partition coefficient (Wildman–Crippen LogP) is 2.12. The highest BCUT2D eigenvalue weighted by Crippen LogP contribution is 2.24. The minimum Gasteiger partial charge on any atom is -0.508 e. The van der Waals surface area contributed by atoms with E-state index in [1.54, 1.807) is 6.07 Å². The Morgan fingerprint density at radius 1 is 1.26 bits per heavy atom. The summed E-state index contributed by atoms with van der Waals surface area (Å²) in [5.74, 6) is 0.378. The Morgan fingerprint density at radius 3 is 2.58 bits per heavy atom. The minimum atomic E-state index is 0.0123. The van der Waals surface area contributed by atoms with Gasteiger partial charge in [0.05, 0.1) is 0 Å². The first-order valence-electron chi connectivity index (χ1n) is 6.72. The van der Waals surface area contributed by atoms with E-state index in [1.807, 2.05) is 39.8 Å². The second-order valence-corrected chi connectivity index (χ2v) is 5.18. The van der Waals surface area contributed by atoms with E-state index in [-0.39, 0.29) is 17.9 Å². The van der Waals surface area contributed by atoms with Crippen molar-refractivity contribution in [2.45, 2.75) is 33.7 Å². The number of rotatable bonds is 6. The number of benzene rings is 1. The predicted molar refractivity (Wildman–Crippen MR) is 77.1 cm³/mol. The molecular weight excluding hydrogens is 240 g/mol. The maximum Gasteiger partial charge on any atom is 0.222 e. The minimum absolute atomic E-state index is 0.0123. The lowest BCUT2D eigenvalue weighted by Crippen LogP contribution is -2.35. The van der Waals surface area contributed by atoms with Crippen LogP contribution in [0, 0.1) is 12.8 Å². The standard InChI is InChI=1S/C15H24N2O2/c1-10(2)15(19)17-8-7-16-12(4)13-9-11(3)5-6-14(13)18/h5-6,9-10,12,16,18H,7-8H2,1-4H3,(H,17,19). The summed E-state index contributed by atoms with van der Waals surface area (Å²) in [6.07, 6.45) is 0. The van der Waals surface area contributed by atoms with Crippen LogP contribution in [0.4, 0.5) is 0 Å². The topological polar surface area (TPSA) is 61.4 Å². The number of hydrogen-bond donors (Lipinski definition) is 3. The van der Waals surface area contributed by atoms with Gasteiger partial charge in [-0.05, 0) is 19.9 Å². The molecule has 0 aliphatic carbocycles. The lowest BCUT2D eigenvalue weighted by atomic mass is 10.0. The quantitative estimate of drug-likeness (QED) is 0.690. The van der Waals surface area contributed by atoms with Crippen molar-refractivity contribution in [1.82, 2.24) is 10.6 Å². The van der Waals surface area contributed by atoms with Crippen LogP contribution in [0.5, 0.6) is 5.75 Å². The third-order valence-corrected chi connectivity index (χ3v) is 3.05. The number of amides is 1. The molecule has 0 bridgehead atoms. The average molecular weight is 264 g/mol. The summed E-state index contributed by atoms with van der Waals surface area (Å²) in [5.41, 5.74) is 2.00. The lowest BCUT2D eigenvalue weighted by Gasteiger charge is -2.16. The van der Waals surface area contributed by atoms with Gasteiger partial charge in [0.1, 0.15) is 5.75 Å². The van der Waals surface area contributed by atoms with Crippen LogP contribution in [-0.4, -0.2) is 24.1 Å². The second-order valence-electron chi connectivity index (χ2n) is 5.18. The van der Waals surface area contributed by atoms with Crippen LogP contribution in [0.15, 0.2) is 18.2 Å². The monoisotopic (exact) mass is 264 g/mol. The molecule has 1 aromatic rings. The molecule has 0 aliphatic rings. The fraction of sp³-hybridized carbons (Fsp3) is 0.533. The SMILES string of the molecule is Cc1ccc(O)c(C(C)NCCNC(=O)C(C)C)c1. The Balaban J connectivity index is 2.41. The Morgan fingerprint density at radius 2 is 1.95 bits per heavy atom. The highest BCUT2D eigenvalue weighted by atomic mass is 16.3. The van der Waals surface area contributed by atoms with Crippen LogP contribution in [0.25, 0.3) is 0 Å². The highest BCUT2D eigenvalue weighted by Gasteiger charge is 2.10. The number of phenols is 1. The molecule has 4 nitrogen and oxygen atoms in total. The van der Waals surface area contributed by atoms with E-state index in [0.717, 1.165) is 11.1 Å². The van der Waals surface area contributed by atoms with Crippen LogP contribution in [0.1, 0.15) is 37.9 Å². The molecule has 0 heterocycles.